The number of hydrogen-bond acceptors (Lipinski definition) is 4. The first-order chi connectivity index (χ1) is 8.52. The third-order valence-electron chi connectivity index (χ3n) is 3.39. The summed E-state index contributed by atoms with van der Waals surface area (Å²) in [5.41, 5.74) is 2.14. The first-order valence-corrected chi connectivity index (χ1v) is 6.64. The normalized spacial score (nSPS) is 14.6. The summed E-state index contributed by atoms with van der Waals surface area (Å²) in [6, 6.07) is 0.369. The van der Waals surface area contributed by atoms with Crippen LogP contribution in [0.3, 0.4) is 0 Å². The van der Waals surface area contributed by atoms with Crippen molar-refractivity contribution in [3.05, 3.63) is 17.6 Å². The van der Waals surface area contributed by atoms with Gasteiger partial charge in [-0.25, -0.2) is 9.97 Å². The molecule has 0 aromatic carbocycles. The molecule has 0 fully saturated rings. The molecule has 0 saturated heterocycles. The van der Waals surface area contributed by atoms with Crippen molar-refractivity contribution < 1.29 is 4.74 Å². The van der Waals surface area contributed by atoms with Crippen molar-refractivity contribution in [2.45, 2.75) is 46.6 Å². The van der Waals surface area contributed by atoms with Crippen LogP contribution in [0.4, 0.5) is 0 Å². The Morgan fingerprint density at radius 1 is 1.28 bits per heavy atom. The van der Waals surface area contributed by atoms with Gasteiger partial charge in [-0.05, 0) is 33.7 Å². The monoisotopic (exact) mass is 251 g/mol. The maximum Gasteiger partial charge on any atom is 0.219 e. The second-order valence-electron chi connectivity index (χ2n) is 4.97. The van der Waals surface area contributed by atoms with Gasteiger partial charge in [0.1, 0.15) is 6.33 Å². The van der Waals surface area contributed by atoms with Crippen LogP contribution in [0.15, 0.2) is 6.33 Å². The molecule has 1 heterocycles. The van der Waals surface area contributed by atoms with Gasteiger partial charge in [0.25, 0.3) is 0 Å². The summed E-state index contributed by atoms with van der Waals surface area (Å²) in [6.45, 7) is 11.3. The van der Waals surface area contributed by atoms with E-state index in [1.54, 1.807) is 6.33 Å². The molecule has 0 bridgehead atoms. The van der Waals surface area contributed by atoms with Crippen LogP contribution in [-0.2, 0) is 0 Å². The molecule has 0 amide bonds. The zero-order valence-corrected chi connectivity index (χ0v) is 12.3. The van der Waals surface area contributed by atoms with E-state index >= 15 is 0 Å². The second kappa shape index (κ2) is 6.69. The fraction of sp³-hybridized carbons (Fsp3) is 0.714. The summed E-state index contributed by atoms with van der Waals surface area (Å²) in [5, 5.41) is 3.32. The van der Waals surface area contributed by atoms with Gasteiger partial charge in [0, 0.05) is 17.5 Å². The zero-order valence-electron chi connectivity index (χ0n) is 12.3. The van der Waals surface area contributed by atoms with Crippen molar-refractivity contribution in [3.63, 3.8) is 0 Å². The molecule has 1 N–H and O–H groups in total. The van der Waals surface area contributed by atoms with Crippen LogP contribution >= 0.6 is 0 Å². The molecule has 0 aliphatic carbocycles. The number of nitrogens with one attached hydrogen (secondary N) is 1. The first-order valence-electron chi connectivity index (χ1n) is 6.64. The van der Waals surface area contributed by atoms with Gasteiger partial charge in [-0.3, -0.25) is 0 Å². The molecule has 102 valence electrons. The molecule has 4 heteroatoms. The topological polar surface area (TPSA) is 47.0 Å². The number of hydrogen-bond donors (Lipinski definition) is 1. The Balaban J connectivity index is 3.16. The predicted octanol–water partition coefficient (Wildman–Crippen LogP) is 2.53. The molecule has 0 saturated carbocycles. The maximum absolute atomic E-state index is 5.55. The number of rotatable bonds is 6. The third-order valence-corrected chi connectivity index (χ3v) is 3.39. The van der Waals surface area contributed by atoms with Crippen LogP contribution in [0.25, 0.3) is 0 Å². The Morgan fingerprint density at radius 3 is 2.44 bits per heavy atom. The van der Waals surface area contributed by atoms with E-state index in [1.165, 1.54) is 0 Å². The van der Waals surface area contributed by atoms with E-state index in [0.717, 1.165) is 11.3 Å². The maximum atomic E-state index is 5.55. The summed E-state index contributed by atoms with van der Waals surface area (Å²) >= 11 is 0. The molecule has 4 nitrogen and oxygen atoms in total. The molecule has 0 aliphatic heterocycles. The smallest absolute Gasteiger partial charge is 0.219 e. The van der Waals surface area contributed by atoms with Crippen molar-refractivity contribution >= 4 is 0 Å². The van der Waals surface area contributed by atoms with Gasteiger partial charge < -0.3 is 10.1 Å². The second-order valence-corrected chi connectivity index (χ2v) is 4.97. The number of ether oxygens (including phenoxy) is 1. The lowest BCUT2D eigenvalue weighted by Gasteiger charge is -2.28. The molecule has 2 atom stereocenters. The van der Waals surface area contributed by atoms with E-state index in [-0.39, 0.29) is 0 Å². The van der Waals surface area contributed by atoms with Crippen molar-refractivity contribution in [2.75, 3.05) is 13.7 Å². The summed E-state index contributed by atoms with van der Waals surface area (Å²) in [6.07, 6.45) is 1.60. The molecule has 18 heavy (non-hydrogen) atoms. The Hall–Kier alpha value is -1.16. The van der Waals surface area contributed by atoms with E-state index in [4.69, 9.17) is 4.74 Å². The Bertz CT molecular complexity index is 379. The molecule has 0 radical (unpaired) electrons. The average molecular weight is 251 g/mol. The highest BCUT2D eigenvalue weighted by Crippen LogP contribution is 2.31. The molecule has 2 unspecified atom stereocenters. The number of nitrogens with zero attached hydrogens (tertiary/aromatic N) is 2. The lowest BCUT2D eigenvalue weighted by atomic mass is 9.84. The fourth-order valence-electron chi connectivity index (χ4n) is 2.37. The van der Waals surface area contributed by atoms with Gasteiger partial charge in [0.15, 0.2) is 0 Å². The van der Waals surface area contributed by atoms with E-state index < -0.39 is 0 Å². The Labute approximate surface area is 110 Å². The van der Waals surface area contributed by atoms with Crippen LogP contribution in [0, 0.1) is 12.8 Å². The van der Waals surface area contributed by atoms with Crippen molar-refractivity contribution in [1.29, 1.82) is 0 Å². The summed E-state index contributed by atoms with van der Waals surface area (Å²) in [4.78, 5) is 8.68. The van der Waals surface area contributed by atoms with Gasteiger partial charge in [0.05, 0.1) is 12.3 Å². The van der Waals surface area contributed by atoms with E-state index in [9.17, 15) is 0 Å². The lowest BCUT2D eigenvalue weighted by Crippen LogP contribution is -2.33. The number of likely N-dealkylation sites (N-methyl/N-ethyl adjacent to an activating group) is 1. The van der Waals surface area contributed by atoms with E-state index in [2.05, 4.69) is 36.1 Å². The van der Waals surface area contributed by atoms with Crippen molar-refractivity contribution in [3.8, 4) is 5.88 Å². The van der Waals surface area contributed by atoms with Gasteiger partial charge in [-0.2, -0.15) is 0 Å². The van der Waals surface area contributed by atoms with Gasteiger partial charge in [-0.15, -0.1) is 0 Å². The minimum atomic E-state index is 0.359. The first kappa shape index (κ1) is 14.9. The van der Waals surface area contributed by atoms with Crippen LogP contribution in [-0.4, -0.2) is 29.7 Å². The van der Waals surface area contributed by atoms with Crippen LogP contribution in [0.1, 0.15) is 44.9 Å². The van der Waals surface area contributed by atoms with E-state index in [0.29, 0.717) is 30.4 Å². The summed E-state index contributed by atoms with van der Waals surface area (Å²) in [7, 11) is 1.99. The summed E-state index contributed by atoms with van der Waals surface area (Å²) < 4.78 is 5.55. The summed E-state index contributed by atoms with van der Waals surface area (Å²) in [5.74, 6) is 1.57. The highest BCUT2D eigenvalue weighted by molar-refractivity contribution is 5.31. The van der Waals surface area contributed by atoms with Crippen LogP contribution < -0.4 is 10.1 Å². The molecule has 0 spiro atoms. The van der Waals surface area contributed by atoms with E-state index in [1.807, 2.05) is 20.9 Å². The number of aromatic nitrogens is 2. The lowest BCUT2D eigenvalue weighted by molar-refractivity contribution is 0.319. The Morgan fingerprint density at radius 2 is 1.94 bits per heavy atom. The van der Waals surface area contributed by atoms with Crippen LogP contribution in [0.2, 0.25) is 0 Å². The quantitative estimate of drug-likeness (QED) is 0.844. The fourth-order valence-corrected chi connectivity index (χ4v) is 2.37. The van der Waals surface area contributed by atoms with Crippen LogP contribution in [0.5, 0.6) is 5.88 Å². The minimum Gasteiger partial charge on any atom is -0.478 e. The third kappa shape index (κ3) is 3.19. The molecular weight excluding hydrogens is 226 g/mol. The molecule has 1 aromatic rings. The zero-order chi connectivity index (χ0) is 13.7. The predicted molar refractivity (Wildman–Crippen MR) is 74.0 cm³/mol. The average Bonchev–Trinajstić information content (AvgIpc) is 2.33. The van der Waals surface area contributed by atoms with Crippen molar-refractivity contribution in [1.82, 2.24) is 15.3 Å². The highest BCUT2D eigenvalue weighted by atomic mass is 16.5. The largest absolute Gasteiger partial charge is 0.478 e. The Kier molecular flexibility index (Phi) is 5.54. The van der Waals surface area contributed by atoms with Gasteiger partial charge in [0.2, 0.25) is 5.88 Å². The van der Waals surface area contributed by atoms with Gasteiger partial charge in [-0.1, -0.05) is 13.8 Å². The molecule has 0 aliphatic rings. The van der Waals surface area contributed by atoms with Crippen molar-refractivity contribution in [2.24, 2.45) is 5.92 Å². The molecular formula is C14H25N3O. The minimum absolute atomic E-state index is 0.359. The van der Waals surface area contributed by atoms with Gasteiger partial charge >= 0.3 is 0 Å². The highest BCUT2D eigenvalue weighted by Gasteiger charge is 2.26. The molecule has 1 rings (SSSR count). The standard InChI is InChI=1S/C14H25N3O/c1-7-18-14-10(4)13(16-8-17-14)12(9(2)3)11(5)15-6/h8-9,11-12,15H,7H2,1-6H3. The SMILES string of the molecule is CCOc1ncnc(C(C(C)C)C(C)NC)c1C. The molecule has 1 aromatic heterocycles.